The third-order valence-electron chi connectivity index (χ3n) is 4.03. The zero-order chi connectivity index (χ0) is 18.5. The quantitative estimate of drug-likeness (QED) is 0.314. The van der Waals surface area contributed by atoms with Gasteiger partial charge in [0.1, 0.15) is 18.1 Å². The van der Waals surface area contributed by atoms with E-state index < -0.39 is 0 Å². The molecule has 0 saturated heterocycles. The first-order chi connectivity index (χ1) is 12.8. The average molecular weight is 348 g/mol. The number of allylic oxidation sites excluding steroid dienone is 1. The summed E-state index contributed by atoms with van der Waals surface area (Å²) in [5.74, 6) is 8.03. The van der Waals surface area contributed by atoms with Gasteiger partial charge in [0.2, 0.25) is 0 Å². The van der Waals surface area contributed by atoms with E-state index in [4.69, 9.17) is 9.47 Å². The van der Waals surface area contributed by atoms with Gasteiger partial charge >= 0.3 is 0 Å². The Morgan fingerprint density at radius 1 is 0.769 bits per heavy atom. The van der Waals surface area contributed by atoms with E-state index in [2.05, 4.69) is 30.9 Å². The largest absolute Gasteiger partial charge is 0.497 e. The Bertz CT molecular complexity index is 716. The normalized spacial score (nSPS) is 10.4. The van der Waals surface area contributed by atoms with Gasteiger partial charge in [-0.05, 0) is 61.4 Å². The minimum Gasteiger partial charge on any atom is -0.497 e. The van der Waals surface area contributed by atoms with Crippen LogP contribution in [-0.2, 0) is 0 Å². The van der Waals surface area contributed by atoms with Gasteiger partial charge in [-0.2, -0.15) is 0 Å². The van der Waals surface area contributed by atoms with E-state index in [1.54, 1.807) is 7.11 Å². The molecule has 0 heterocycles. The summed E-state index contributed by atoms with van der Waals surface area (Å²) >= 11 is 0. The van der Waals surface area contributed by atoms with Crippen LogP contribution < -0.4 is 9.47 Å². The van der Waals surface area contributed by atoms with Crippen LogP contribution in [0.2, 0.25) is 0 Å². The highest BCUT2D eigenvalue weighted by Gasteiger charge is 1.93. The summed E-state index contributed by atoms with van der Waals surface area (Å²) in [4.78, 5) is 0. The predicted molar refractivity (Wildman–Crippen MR) is 109 cm³/mol. The summed E-state index contributed by atoms with van der Waals surface area (Å²) in [6.07, 6.45) is 10.7. The minimum atomic E-state index is 0.616. The van der Waals surface area contributed by atoms with Crippen LogP contribution in [0.15, 0.2) is 60.7 Å². The van der Waals surface area contributed by atoms with Crippen molar-refractivity contribution in [3.05, 3.63) is 71.8 Å². The molecule has 0 unspecified atom stereocenters. The lowest BCUT2D eigenvalue weighted by Crippen LogP contribution is -1.93. The Hall–Kier alpha value is -2.66. The zero-order valence-electron chi connectivity index (χ0n) is 15.8. The monoisotopic (exact) mass is 348 g/mol. The Morgan fingerprint density at radius 2 is 1.38 bits per heavy atom. The van der Waals surface area contributed by atoms with E-state index in [-0.39, 0.29) is 0 Å². The number of benzene rings is 2. The third-order valence-corrected chi connectivity index (χ3v) is 4.03. The first kappa shape index (κ1) is 19.7. The molecule has 0 aliphatic rings. The highest BCUT2D eigenvalue weighted by molar-refractivity contribution is 5.45. The van der Waals surface area contributed by atoms with E-state index in [1.165, 1.54) is 25.7 Å². The van der Waals surface area contributed by atoms with E-state index >= 15 is 0 Å². The molecule has 0 atom stereocenters. The maximum atomic E-state index is 5.73. The molecular weight excluding hydrogens is 320 g/mol. The molecular formula is C24H28O2. The van der Waals surface area contributed by atoms with Crippen molar-refractivity contribution in [2.24, 2.45) is 0 Å². The number of methoxy groups -OCH3 is 1. The number of ether oxygens (including phenoxy) is 2. The summed E-state index contributed by atoms with van der Waals surface area (Å²) in [5, 5.41) is 0. The van der Waals surface area contributed by atoms with Gasteiger partial charge < -0.3 is 9.47 Å². The zero-order valence-corrected chi connectivity index (χ0v) is 15.8. The van der Waals surface area contributed by atoms with Crippen LogP contribution in [0, 0.1) is 11.8 Å². The van der Waals surface area contributed by atoms with Crippen molar-refractivity contribution >= 4 is 0 Å². The molecule has 0 fully saturated rings. The topological polar surface area (TPSA) is 18.5 Å². The minimum absolute atomic E-state index is 0.616. The molecule has 2 aromatic rings. The first-order valence-corrected chi connectivity index (χ1v) is 9.35. The van der Waals surface area contributed by atoms with Gasteiger partial charge in [-0.15, -0.1) is 0 Å². The highest BCUT2D eigenvalue weighted by Crippen LogP contribution is 2.13. The fourth-order valence-corrected chi connectivity index (χ4v) is 2.47. The third kappa shape index (κ3) is 7.49. The molecule has 26 heavy (non-hydrogen) atoms. The van der Waals surface area contributed by atoms with Crippen LogP contribution in [-0.4, -0.2) is 13.7 Å². The second-order valence-corrected chi connectivity index (χ2v) is 6.13. The van der Waals surface area contributed by atoms with Gasteiger partial charge in [0.25, 0.3) is 0 Å². The van der Waals surface area contributed by atoms with Crippen LogP contribution in [0.1, 0.15) is 50.2 Å². The molecule has 2 heteroatoms. The molecule has 136 valence electrons. The van der Waals surface area contributed by atoms with Crippen molar-refractivity contribution in [2.45, 2.75) is 39.0 Å². The Balaban J connectivity index is 1.76. The van der Waals surface area contributed by atoms with E-state index in [1.807, 2.05) is 48.5 Å². The summed E-state index contributed by atoms with van der Waals surface area (Å²) in [5.41, 5.74) is 1.94. The molecule has 0 aromatic heterocycles. The SMILES string of the molecule is CCCCCCC=CCOc1ccc(C#Cc2ccc(OC)cc2)cc1. The number of rotatable bonds is 9. The summed E-state index contributed by atoms with van der Waals surface area (Å²) in [6, 6.07) is 15.6. The lowest BCUT2D eigenvalue weighted by molar-refractivity contribution is 0.362. The molecule has 0 saturated carbocycles. The Kier molecular flexibility index (Phi) is 8.94. The second-order valence-electron chi connectivity index (χ2n) is 6.13. The molecule has 0 radical (unpaired) electrons. The standard InChI is InChI=1S/C24H28O2/c1-3-4-5-6-7-8-9-20-26-24-18-14-22(15-19-24)11-10-21-12-16-23(25-2)17-13-21/h8-9,12-19H,3-7,20H2,1-2H3. The molecule has 0 bridgehead atoms. The molecule has 2 rings (SSSR count). The van der Waals surface area contributed by atoms with Gasteiger partial charge in [-0.1, -0.05) is 50.2 Å². The predicted octanol–water partition coefficient (Wildman–Crippen LogP) is 6.00. The molecule has 0 aliphatic heterocycles. The van der Waals surface area contributed by atoms with Gasteiger partial charge in [0.05, 0.1) is 7.11 Å². The van der Waals surface area contributed by atoms with Crippen molar-refractivity contribution in [3.63, 3.8) is 0 Å². The first-order valence-electron chi connectivity index (χ1n) is 9.35. The van der Waals surface area contributed by atoms with Gasteiger partial charge in [0, 0.05) is 11.1 Å². The van der Waals surface area contributed by atoms with Crippen LogP contribution in [0.25, 0.3) is 0 Å². The molecule has 2 nitrogen and oxygen atoms in total. The lowest BCUT2D eigenvalue weighted by Gasteiger charge is -2.02. The fourth-order valence-electron chi connectivity index (χ4n) is 2.47. The summed E-state index contributed by atoms with van der Waals surface area (Å²) < 4.78 is 10.9. The maximum Gasteiger partial charge on any atom is 0.119 e. The molecule has 0 spiro atoms. The Labute approximate surface area is 157 Å². The van der Waals surface area contributed by atoms with Crippen molar-refractivity contribution in [1.82, 2.24) is 0 Å². The summed E-state index contributed by atoms with van der Waals surface area (Å²) in [6.45, 7) is 2.85. The van der Waals surface area contributed by atoms with E-state index in [9.17, 15) is 0 Å². The highest BCUT2D eigenvalue weighted by atomic mass is 16.5. The maximum absolute atomic E-state index is 5.73. The molecule has 0 amide bonds. The molecule has 0 N–H and O–H groups in total. The van der Waals surface area contributed by atoms with Crippen LogP contribution >= 0.6 is 0 Å². The van der Waals surface area contributed by atoms with Crippen molar-refractivity contribution in [3.8, 4) is 23.3 Å². The van der Waals surface area contributed by atoms with E-state index in [0.29, 0.717) is 6.61 Å². The fraction of sp³-hybridized carbons (Fsp3) is 0.333. The lowest BCUT2D eigenvalue weighted by atomic mass is 10.1. The average Bonchev–Trinajstić information content (AvgIpc) is 2.69. The van der Waals surface area contributed by atoms with Crippen molar-refractivity contribution in [1.29, 1.82) is 0 Å². The molecule has 0 aliphatic carbocycles. The number of hydrogen-bond acceptors (Lipinski definition) is 2. The van der Waals surface area contributed by atoms with E-state index in [0.717, 1.165) is 29.0 Å². The van der Waals surface area contributed by atoms with Crippen molar-refractivity contribution < 1.29 is 9.47 Å². The second kappa shape index (κ2) is 11.8. The summed E-state index contributed by atoms with van der Waals surface area (Å²) in [7, 11) is 1.66. The van der Waals surface area contributed by atoms with Crippen molar-refractivity contribution in [2.75, 3.05) is 13.7 Å². The molecule has 2 aromatic carbocycles. The van der Waals surface area contributed by atoms with Crippen LogP contribution in [0.3, 0.4) is 0 Å². The van der Waals surface area contributed by atoms with Crippen LogP contribution in [0.4, 0.5) is 0 Å². The van der Waals surface area contributed by atoms with Gasteiger partial charge in [-0.3, -0.25) is 0 Å². The van der Waals surface area contributed by atoms with Crippen LogP contribution in [0.5, 0.6) is 11.5 Å². The van der Waals surface area contributed by atoms with Gasteiger partial charge in [0.15, 0.2) is 0 Å². The Morgan fingerprint density at radius 3 is 1.96 bits per heavy atom. The van der Waals surface area contributed by atoms with Gasteiger partial charge in [-0.25, -0.2) is 0 Å². The number of hydrogen-bond donors (Lipinski definition) is 0. The number of unbranched alkanes of at least 4 members (excludes halogenated alkanes) is 4. The smallest absolute Gasteiger partial charge is 0.119 e.